The second kappa shape index (κ2) is 4.61. The largest absolute Gasteiger partial charge is 0.481 e. The molecule has 0 aliphatic carbocycles. The number of piperidine rings is 1. The highest BCUT2D eigenvalue weighted by molar-refractivity contribution is 5.82. The fraction of sp³-hybridized carbons (Fsp3) is 0.417. The molecule has 1 saturated heterocycles. The molecule has 1 aromatic carbocycles. The molecule has 0 aromatic heterocycles. The molecule has 0 amide bonds. The third-order valence-corrected chi connectivity index (χ3v) is 3.28. The fourth-order valence-corrected chi connectivity index (χ4v) is 2.41. The third kappa shape index (κ3) is 1.96. The van der Waals surface area contributed by atoms with Gasteiger partial charge in [-0.15, -0.1) is 0 Å². The van der Waals surface area contributed by atoms with Crippen LogP contribution in [0.15, 0.2) is 12.1 Å². The lowest BCUT2D eigenvalue weighted by atomic mass is 9.74. The lowest BCUT2D eigenvalue weighted by Gasteiger charge is -2.34. The summed E-state index contributed by atoms with van der Waals surface area (Å²) in [5.41, 5.74) is -2.23. The van der Waals surface area contributed by atoms with E-state index in [-0.39, 0.29) is 13.0 Å². The first-order valence-corrected chi connectivity index (χ1v) is 5.56. The quantitative estimate of drug-likeness (QED) is 0.851. The lowest BCUT2D eigenvalue weighted by molar-refractivity contribution is -0.144. The summed E-state index contributed by atoms with van der Waals surface area (Å²) < 4.78 is 40.3. The van der Waals surface area contributed by atoms with Gasteiger partial charge in [0, 0.05) is 24.2 Å². The van der Waals surface area contributed by atoms with Crippen LogP contribution < -0.4 is 5.32 Å². The molecular weight excluding hydrogens is 247 g/mol. The topological polar surface area (TPSA) is 49.3 Å². The SMILES string of the molecule is O=C(O)C1(c2c(F)cc(F)cc2F)CCCNC1. The van der Waals surface area contributed by atoms with E-state index >= 15 is 0 Å². The Labute approximate surface area is 102 Å². The fourth-order valence-electron chi connectivity index (χ4n) is 2.41. The van der Waals surface area contributed by atoms with Crippen LogP contribution in [0.25, 0.3) is 0 Å². The molecule has 0 bridgehead atoms. The summed E-state index contributed by atoms with van der Waals surface area (Å²) in [6, 6.07) is 1.02. The van der Waals surface area contributed by atoms with Gasteiger partial charge in [-0.2, -0.15) is 0 Å². The van der Waals surface area contributed by atoms with E-state index in [2.05, 4.69) is 5.32 Å². The molecule has 18 heavy (non-hydrogen) atoms. The number of nitrogens with one attached hydrogen (secondary N) is 1. The summed E-state index contributed by atoms with van der Waals surface area (Å²) in [6.45, 7) is 0.529. The van der Waals surface area contributed by atoms with Crippen LogP contribution in [0.2, 0.25) is 0 Å². The molecule has 1 aromatic rings. The van der Waals surface area contributed by atoms with E-state index < -0.39 is 34.4 Å². The first kappa shape index (κ1) is 12.9. The Morgan fingerprint density at radius 1 is 1.28 bits per heavy atom. The van der Waals surface area contributed by atoms with Gasteiger partial charge in [-0.05, 0) is 19.4 Å². The maximum Gasteiger partial charge on any atom is 0.315 e. The molecule has 2 rings (SSSR count). The van der Waals surface area contributed by atoms with Gasteiger partial charge in [0.15, 0.2) is 0 Å². The Morgan fingerprint density at radius 2 is 1.89 bits per heavy atom. The smallest absolute Gasteiger partial charge is 0.315 e. The molecule has 1 aliphatic heterocycles. The van der Waals surface area contributed by atoms with Crippen molar-refractivity contribution in [2.75, 3.05) is 13.1 Å². The first-order chi connectivity index (χ1) is 8.47. The van der Waals surface area contributed by atoms with Crippen LogP contribution in [-0.4, -0.2) is 24.2 Å². The number of benzene rings is 1. The highest BCUT2D eigenvalue weighted by atomic mass is 19.1. The van der Waals surface area contributed by atoms with Gasteiger partial charge >= 0.3 is 5.97 Å². The maximum atomic E-state index is 13.7. The molecule has 0 spiro atoms. The van der Waals surface area contributed by atoms with E-state index in [4.69, 9.17) is 0 Å². The van der Waals surface area contributed by atoms with Gasteiger partial charge in [0.2, 0.25) is 0 Å². The van der Waals surface area contributed by atoms with Gasteiger partial charge in [-0.3, -0.25) is 4.79 Å². The van der Waals surface area contributed by atoms with Crippen LogP contribution in [-0.2, 0) is 10.2 Å². The lowest BCUT2D eigenvalue weighted by Crippen LogP contribution is -2.50. The van der Waals surface area contributed by atoms with Crippen LogP contribution in [0.5, 0.6) is 0 Å². The van der Waals surface area contributed by atoms with Crippen molar-refractivity contribution in [3.63, 3.8) is 0 Å². The van der Waals surface area contributed by atoms with Gasteiger partial charge < -0.3 is 10.4 Å². The Hall–Kier alpha value is -1.56. The molecule has 1 aliphatic rings. The molecule has 1 atom stereocenters. The third-order valence-electron chi connectivity index (χ3n) is 3.28. The summed E-state index contributed by atoms with van der Waals surface area (Å²) in [6.07, 6.45) is 0.608. The Morgan fingerprint density at radius 3 is 2.33 bits per heavy atom. The van der Waals surface area contributed by atoms with Gasteiger partial charge in [-0.25, -0.2) is 13.2 Å². The van der Waals surface area contributed by atoms with E-state index in [1.54, 1.807) is 0 Å². The number of hydrogen-bond donors (Lipinski definition) is 2. The average Bonchev–Trinajstić information content (AvgIpc) is 2.28. The van der Waals surface area contributed by atoms with Crippen LogP contribution >= 0.6 is 0 Å². The predicted molar refractivity (Wildman–Crippen MR) is 57.7 cm³/mol. The van der Waals surface area contributed by atoms with Crippen molar-refractivity contribution in [2.24, 2.45) is 0 Å². The summed E-state index contributed by atoms with van der Waals surface area (Å²) >= 11 is 0. The molecule has 2 N–H and O–H groups in total. The molecular formula is C12H12F3NO2. The molecule has 1 unspecified atom stereocenters. The van der Waals surface area contributed by atoms with Crippen LogP contribution in [0, 0.1) is 17.5 Å². The molecule has 3 nitrogen and oxygen atoms in total. The number of rotatable bonds is 2. The number of halogens is 3. The minimum atomic E-state index is -1.67. The zero-order valence-corrected chi connectivity index (χ0v) is 9.47. The monoisotopic (exact) mass is 259 g/mol. The molecule has 1 fully saturated rings. The van der Waals surface area contributed by atoms with E-state index in [0.29, 0.717) is 25.1 Å². The van der Waals surface area contributed by atoms with Crippen molar-refractivity contribution in [1.29, 1.82) is 0 Å². The average molecular weight is 259 g/mol. The summed E-state index contributed by atoms with van der Waals surface area (Å²) in [5.74, 6) is -4.67. The zero-order chi connectivity index (χ0) is 13.3. The Bertz CT molecular complexity index is 461. The highest BCUT2D eigenvalue weighted by Gasteiger charge is 2.45. The summed E-state index contributed by atoms with van der Waals surface area (Å²) in [4.78, 5) is 11.4. The number of carboxylic acids is 1. The second-order valence-corrected chi connectivity index (χ2v) is 4.41. The van der Waals surface area contributed by atoms with E-state index in [1.165, 1.54) is 0 Å². The van der Waals surface area contributed by atoms with Gasteiger partial charge in [0.25, 0.3) is 0 Å². The molecule has 6 heteroatoms. The number of aliphatic carboxylic acids is 1. The van der Waals surface area contributed by atoms with Crippen molar-refractivity contribution >= 4 is 5.97 Å². The van der Waals surface area contributed by atoms with E-state index in [9.17, 15) is 23.1 Å². The van der Waals surface area contributed by atoms with Gasteiger partial charge in [0.05, 0.1) is 0 Å². The zero-order valence-electron chi connectivity index (χ0n) is 9.47. The second-order valence-electron chi connectivity index (χ2n) is 4.41. The molecule has 1 heterocycles. The van der Waals surface area contributed by atoms with Crippen molar-refractivity contribution in [3.8, 4) is 0 Å². The Balaban J connectivity index is 2.59. The van der Waals surface area contributed by atoms with Gasteiger partial charge in [0.1, 0.15) is 22.9 Å². The molecule has 98 valence electrons. The van der Waals surface area contributed by atoms with Crippen LogP contribution in [0.3, 0.4) is 0 Å². The van der Waals surface area contributed by atoms with Crippen molar-refractivity contribution < 1.29 is 23.1 Å². The van der Waals surface area contributed by atoms with E-state index in [1.807, 2.05) is 0 Å². The first-order valence-electron chi connectivity index (χ1n) is 5.56. The van der Waals surface area contributed by atoms with Crippen molar-refractivity contribution in [3.05, 3.63) is 35.1 Å². The summed E-state index contributed by atoms with van der Waals surface area (Å²) in [7, 11) is 0. The Kier molecular flexibility index (Phi) is 3.30. The minimum Gasteiger partial charge on any atom is -0.481 e. The maximum absolute atomic E-state index is 13.7. The summed E-state index contributed by atoms with van der Waals surface area (Å²) in [5, 5.41) is 12.1. The predicted octanol–water partition coefficient (Wildman–Crippen LogP) is 1.81. The van der Waals surface area contributed by atoms with E-state index in [0.717, 1.165) is 0 Å². The highest BCUT2D eigenvalue weighted by Crippen LogP contribution is 2.35. The number of carboxylic acid groups (broad SMARTS) is 1. The minimum absolute atomic E-state index is 0.0677. The molecule has 0 saturated carbocycles. The van der Waals surface area contributed by atoms with Crippen molar-refractivity contribution in [1.82, 2.24) is 5.32 Å². The number of hydrogen-bond acceptors (Lipinski definition) is 2. The van der Waals surface area contributed by atoms with Crippen molar-refractivity contribution in [2.45, 2.75) is 18.3 Å². The van der Waals surface area contributed by atoms with Crippen LogP contribution in [0.4, 0.5) is 13.2 Å². The van der Waals surface area contributed by atoms with Crippen LogP contribution in [0.1, 0.15) is 18.4 Å². The molecule has 0 radical (unpaired) electrons. The number of carbonyl (C=O) groups is 1. The standard InChI is InChI=1S/C12H12F3NO2/c13-7-4-8(14)10(9(15)5-7)12(11(17)18)2-1-3-16-6-12/h4-5,16H,1-3,6H2,(H,17,18). The van der Waals surface area contributed by atoms with Gasteiger partial charge in [-0.1, -0.05) is 0 Å². The normalized spacial score (nSPS) is 23.9.